The average molecular weight is 332 g/mol. The Kier molecular flexibility index (Phi) is 4.69. The monoisotopic (exact) mass is 332 g/mol. The molecule has 2 saturated heterocycles. The second kappa shape index (κ2) is 6.90. The zero-order valence-corrected chi connectivity index (χ0v) is 13.5. The number of rotatable bonds is 4. The van der Waals surface area contributed by atoms with Crippen LogP contribution in [0, 0.1) is 0 Å². The minimum absolute atomic E-state index is 0.0902. The van der Waals surface area contributed by atoms with Crippen molar-refractivity contribution < 1.29 is 23.9 Å². The van der Waals surface area contributed by atoms with Crippen molar-refractivity contribution in [3.8, 4) is 5.75 Å². The summed E-state index contributed by atoms with van der Waals surface area (Å²) in [6, 6.07) is 9.01. The Hall–Kier alpha value is -2.57. The number of para-hydroxylation sites is 1. The SMILES string of the molecule is CC(Oc1ccccc1)C(=O)N1CCC(N2C(=O)COC2=O)CC1. The third-order valence-electron chi connectivity index (χ3n) is 4.33. The predicted octanol–water partition coefficient (Wildman–Crippen LogP) is 1.42. The van der Waals surface area contributed by atoms with Crippen LogP contribution < -0.4 is 4.74 Å². The van der Waals surface area contributed by atoms with Crippen molar-refractivity contribution in [3.63, 3.8) is 0 Å². The number of carbonyl (C=O) groups is 3. The number of piperidine rings is 1. The molecular weight excluding hydrogens is 312 g/mol. The van der Waals surface area contributed by atoms with Crippen LogP contribution in [0.1, 0.15) is 19.8 Å². The molecule has 0 N–H and O–H groups in total. The Balaban J connectivity index is 1.53. The van der Waals surface area contributed by atoms with Crippen molar-refractivity contribution >= 4 is 17.9 Å². The first-order chi connectivity index (χ1) is 11.6. The lowest BCUT2D eigenvalue weighted by Crippen LogP contribution is -2.50. The van der Waals surface area contributed by atoms with E-state index in [2.05, 4.69) is 0 Å². The molecule has 24 heavy (non-hydrogen) atoms. The molecule has 7 nitrogen and oxygen atoms in total. The maximum absolute atomic E-state index is 12.5. The molecule has 0 saturated carbocycles. The van der Waals surface area contributed by atoms with Gasteiger partial charge < -0.3 is 14.4 Å². The number of hydrogen-bond acceptors (Lipinski definition) is 5. The number of likely N-dealkylation sites (tertiary alicyclic amines) is 1. The molecule has 1 aromatic rings. The molecule has 1 unspecified atom stereocenters. The van der Waals surface area contributed by atoms with Gasteiger partial charge in [-0.1, -0.05) is 18.2 Å². The van der Waals surface area contributed by atoms with E-state index in [1.54, 1.807) is 24.0 Å². The fourth-order valence-electron chi connectivity index (χ4n) is 3.07. The largest absolute Gasteiger partial charge is 0.481 e. The summed E-state index contributed by atoms with van der Waals surface area (Å²) in [6.07, 6.45) is -0.0391. The Labute approximate surface area is 140 Å². The van der Waals surface area contributed by atoms with Crippen LogP contribution in [0.25, 0.3) is 0 Å². The van der Waals surface area contributed by atoms with E-state index in [4.69, 9.17) is 9.47 Å². The molecule has 2 heterocycles. The molecule has 2 aliphatic heterocycles. The normalized spacial score (nSPS) is 20.0. The van der Waals surface area contributed by atoms with Crippen molar-refractivity contribution in [3.05, 3.63) is 30.3 Å². The van der Waals surface area contributed by atoms with Crippen LogP contribution in [-0.4, -0.2) is 59.5 Å². The molecule has 3 rings (SSSR count). The molecule has 128 valence electrons. The van der Waals surface area contributed by atoms with E-state index in [1.807, 2.05) is 18.2 Å². The number of cyclic esters (lactones) is 1. The number of ether oxygens (including phenoxy) is 2. The summed E-state index contributed by atoms with van der Waals surface area (Å²) in [6.45, 7) is 2.52. The Morgan fingerprint density at radius 2 is 1.88 bits per heavy atom. The van der Waals surface area contributed by atoms with Crippen LogP contribution in [0.3, 0.4) is 0 Å². The molecule has 0 radical (unpaired) electrons. The summed E-state index contributed by atoms with van der Waals surface area (Å²) < 4.78 is 10.4. The van der Waals surface area contributed by atoms with Gasteiger partial charge in [0.2, 0.25) is 0 Å². The first-order valence-electron chi connectivity index (χ1n) is 8.05. The van der Waals surface area contributed by atoms with Gasteiger partial charge in [0.25, 0.3) is 11.8 Å². The third kappa shape index (κ3) is 3.34. The zero-order chi connectivity index (χ0) is 17.1. The van der Waals surface area contributed by atoms with Gasteiger partial charge in [0.15, 0.2) is 12.7 Å². The highest BCUT2D eigenvalue weighted by Gasteiger charge is 2.39. The first kappa shape index (κ1) is 16.3. The van der Waals surface area contributed by atoms with Gasteiger partial charge in [-0.3, -0.25) is 9.59 Å². The number of hydrogen-bond donors (Lipinski definition) is 0. The van der Waals surface area contributed by atoms with E-state index < -0.39 is 12.2 Å². The zero-order valence-electron chi connectivity index (χ0n) is 13.5. The van der Waals surface area contributed by atoms with E-state index in [9.17, 15) is 14.4 Å². The predicted molar refractivity (Wildman–Crippen MR) is 84.3 cm³/mol. The average Bonchev–Trinajstić information content (AvgIpc) is 2.94. The van der Waals surface area contributed by atoms with Gasteiger partial charge in [-0.2, -0.15) is 0 Å². The van der Waals surface area contributed by atoms with Gasteiger partial charge in [-0.15, -0.1) is 0 Å². The van der Waals surface area contributed by atoms with Gasteiger partial charge in [0.05, 0.1) is 0 Å². The fraction of sp³-hybridized carbons (Fsp3) is 0.471. The topological polar surface area (TPSA) is 76.2 Å². The standard InChI is InChI=1S/C17H20N2O5/c1-12(24-14-5-3-2-4-6-14)16(21)18-9-7-13(8-10-18)19-15(20)11-23-17(19)22/h2-6,12-13H,7-11H2,1H3. The van der Waals surface area contributed by atoms with Crippen LogP contribution in [0.2, 0.25) is 0 Å². The Morgan fingerprint density at radius 3 is 2.46 bits per heavy atom. The molecule has 0 aliphatic carbocycles. The summed E-state index contributed by atoms with van der Waals surface area (Å²) in [5, 5.41) is 0. The van der Waals surface area contributed by atoms with E-state index in [1.165, 1.54) is 4.90 Å². The summed E-state index contributed by atoms with van der Waals surface area (Å²) in [7, 11) is 0. The quantitative estimate of drug-likeness (QED) is 0.833. The highest BCUT2D eigenvalue weighted by molar-refractivity contribution is 5.98. The molecule has 2 aliphatic rings. The second-order valence-electron chi connectivity index (χ2n) is 5.95. The van der Waals surface area contributed by atoms with Crippen molar-refractivity contribution in [1.29, 1.82) is 0 Å². The molecule has 2 fully saturated rings. The lowest BCUT2D eigenvalue weighted by atomic mass is 10.0. The smallest absolute Gasteiger partial charge is 0.417 e. The molecule has 7 heteroatoms. The summed E-state index contributed by atoms with van der Waals surface area (Å²) in [5.41, 5.74) is 0. The summed E-state index contributed by atoms with van der Waals surface area (Å²) >= 11 is 0. The van der Waals surface area contributed by atoms with Gasteiger partial charge in [0.1, 0.15) is 5.75 Å². The third-order valence-corrected chi connectivity index (χ3v) is 4.33. The molecule has 0 spiro atoms. The maximum atomic E-state index is 12.5. The molecule has 3 amide bonds. The molecular formula is C17H20N2O5. The fourth-order valence-corrected chi connectivity index (χ4v) is 3.07. The van der Waals surface area contributed by atoms with Crippen molar-refractivity contribution in [2.45, 2.75) is 31.9 Å². The minimum Gasteiger partial charge on any atom is -0.481 e. The summed E-state index contributed by atoms with van der Waals surface area (Å²) in [4.78, 5) is 38.7. The number of carbonyl (C=O) groups excluding carboxylic acids is 3. The molecule has 0 aromatic heterocycles. The number of imide groups is 1. The van der Waals surface area contributed by atoms with Crippen LogP contribution in [0.4, 0.5) is 4.79 Å². The van der Waals surface area contributed by atoms with E-state index in [0.717, 1.165) is 0 Å². The minimum atomic E-state index is -0.581. The van der Waals surface area contributed by atoms with Crippen LogP contribution >= 0.6 is 0 Å². The number of nitrogens with zero attached hydrogens (tertiary/aromatic N) is 2. The first-order valence-corrected chi connectivity index (χ1v) is 8.05. The Bertz CT molecular complexity index is 609. The van der Waals surface area contributed by atoms with Crippen LogP contribution in [0.5, 0.6) is 5.75 Å². The van der Waals surface area contributed by atoms with E-state index in [0.29, 0.717) is 31.7 Å². The lowest BCUT2D eigenvalue weighted by molar-refractivity contribution is -0.139. The number of amides is 3. The highest BCUT2D eigenvalue weighted by Crippen LogP contribution is 2.22. The molecule has 1 aromatic carbocycles. The van der Waals surface area contributed by atoms with Crippen molar-refractivity contribution in [1.82, 2.24) is 9.80 Å². The van der Waals surface area contributed by atoms with Crippen LogP contribution in [-0.2, 0) is 14.3 Å². The highest BCUT2D eigenvalue weighted by atomic mass is 16.6. The summed E-state index contributed by atoms with van der Waals surface area (Å²) in [5.74, 6) is 0.261. The molecule has 1 atom stereocenters. The van der Waals surface area contributed by atoms with Gasteiger partial charge in [-0.05, 0) is 31.9 Å². The lowest BCUT2D eigenvalue weighted by Gasteiger charge is -2.35. The van der Waals surface area contributed by atoms with Crippen molar-refractivity contribution in [2.24, 2.45) is 0 Å². The van der Waals surface area contributed by atoms with Crippen molar-refractivity contribution in [2.75, 3.05) is 19.7 Å². The number of benzene rings is 1. The Morgan fingerprint density at radius 1 is 1.21 bits per heavy atom. The second-order valence-corrected chi connectivity index (χ2v) is 5.95. The van der Waals surface area contributed by atoms with Gasteiger partial charge in [-0.25, -0.2) is 9.69 Å². The van der Waals surface area contributed by atoms with Crippen LogP contribution in [0.15, 0.2) is 30.3 Å². The van der Waals surface area contributed by atoms with Gasteiger partial charge in [0, 0.05) is 19.1 Å². The molecule has 0 bridgehead atoms. The maximum Gasteiger partial charge on any atom is 0.417 e. The van der Waals surface area contributed by atoms with Gasteiger partial charge >= 0.3 is 6.09 Å². The van der Waals surface area contributed by atoms with E-state index in [-0.39, 0.29) is 24.5 Å². The van der Waals surface area contributed by atoms with E-state index >= 15 is 0 Å².